The second-order valence-electron chi connectivity index (χ2n) is 5.44. The normalized spacial score (nSPS) is 10.9. The molecule has 0 aliphatic heterocycles. The van der Waals surface area contributed by atoms with E-state index >= 15 is 0 Å². The summed E-state index contributed by atoms with van der Waals surface area (Å²) in [5.41, 5.74) is 6.10. The van der Waals surface area contributed by atoms with Gasteiger partial charge in [0, 0.05) is 20.1 Å². The van der Waals surface area contributed by atoms with Crippen molar-refractivity contribution < 1.29 is 9.53 Å². The van der Waals surface area contributed by atoms with Gasteiger partial charge >= 0.3 is 0 Å². The summed E-state index contributed by atoms with van der Waals surface area (Å²) in [6.07, 6.45) is 1.09. The Morgan fingerprint density at radius 2 is 2.09 bits per heavy atom. The van der Waals surface area contributed by atoms with Gasteiger partial charge in [-0.15, -0.1) is 24.0 Å². The third-order valence-electron chi connectivity index (χ3n) is 2.98. The molecule has 7 heteroatoms. The van der Waals surface area contributed by atoms with Gasteiger partial charge in [-0.05, 0) is 30.0 Å². The van der Waals surface area contributed by atoms with Crippen LogP contribution in [0, 0.1) is 5.92 Å². The Hall–Kier alpha value is -1.51. The van der Waals surface area contributed by atoms with Crippen molar-refractivity contribution in [2.45, 2.75) is 26.8 Å². The summed E-state index contributed by atoms with van der Waals surface area (Å²) < 4.78 is 5.28. The van der Waals surface area contributed by atoms with E-state index in [9.17, 15) is 4.79 Å². The van der Waals surface area contributed by atoms with Gasteiger partial charge in [0.05, 0.1) is 0 Å². The van der Waals surface area contributed by atoms with Gasteiger partial charge in [-0.1, -0.05) is 26.0 Å². The Kier molecular flexibility index (Phi) is 11.2. The fourth-order valence-corrected chi connectivity index (χ4v) is 1.79. The van der Waals surface area contributed by atoms with Crippen LogP contribution in [0.15, 0.2) is 29.3 Å². The number of carbonyl (C=O) groups excluding carboxylic acids is 1. The first kappa shape index (κ1) is 21.5. The van der Waals surface area contributed by atoms with E-state index in [0.717, 1.165) is 24.5 Å². The van der Waals surface area contributed by atoms with Crippen molar-refractivity contribution in [2.75, 3.05) is 20.2 Å². The lowest BCUT2D eigenvalue weighted by Gasteiger charge is -2.13. The molecule has 0 saturated heterocycles. The molecule has 0 radical (unpaired) electrons. The standard InChI is InChI=1S/C16H26N4O2.HI/c1-12(2)7-8-19-16(18-3)20-10-13-5-4-6-14(9-13)22-11-15(17)21;/h4-6,9,12H,7-8,10-11H2,1-3H3,(H2,17,21)(H2,18,19,20);1H. The predicted octanol–water partition coefficient (Wildman–Crippen LogP) is 1.88. The molecule has 130 valence electrons. The highest BCUT2D eigenvalue weighted by Crippen LogP contribution is 2.12. The molecule has 0 atom stereocenters. The van der Waals surface area contributed by atoms with Crippen LogP contribution in [0.25, 0.3) is 0 Å². The smallest absolute Gasteiger partial charge is 0.255 e. The molecule has 0 spiro atoms. The number of aliphatic imine (C=N–C) groups is 1. The Labute approximate surface area is 155 Å². The molecule has 0 saturated carbocycles. The van der Waals surface area contributed by atoms with Crippen molar-refractivity contribution in [3.05, 3.63) is 29.8 Å². The van der Waals surface area contributed by atoms with Crippen LogP contribution in [0.5, 0.6) is 5.75 Å². The topological polar surface area (TPSA) is 88.7 Å². The molecule has 1 aromatic rings. The Morgan fingerprint density at radius 1 is 1.35 bits per heavy atom. The zero-order valence-corrected chi connectivity index (χ0v) is 16.3. The molecule has 4 N–H and O–H groups in total. The summed E-state index contributed by atoms with van der Waals surface area (Å²) in [6.45, 7) is 5.77. The number of amides is 1. The largest absolute Gasteiger partial charge is 0.484 e. The molecule has 1 rings (SSSR count). The van der Waals surface area contributed by atoms with Crippen molar-refractivity contribution in [3.63, 3.8) is 0 Å². The number of hydrogen-bond acceptors (Lipinski definition) is 3. The molecule has 6 nitrogen and oxygen atoms in total. The number of nitrogens with two attached hydrogens (primary N) is 1. The second kappa shape index (κ2) is 12.0. The molecule has 0 heterocycles. The summed E-state index contributed by atoms with van der Waals surface area (Å²) in [6, 6.07) is 7.52. The molecule has 0 aliphatic rings. The lowest BCUT2D eigenvalue weighted by atomic mass is 10.1. The van der Waals surface area contributed by atoms with E-state index in [1.807, 2.05) is 18.2 Å². The number of ether oxygens (including phenoxy) is 1. The number of halogens is 1. The summed E-state index contributed by atoms with van der Waals surface area (Å²) >= 11 is 0. The first-order valence-electron chi connectivity index (χ1n) is 7.45. The third-order valence-corrected chi connectivity index (χ3v) is 2.98. The number of guanidine groups is 1. The highest BCUT2D eigenvalue weighted by atomic mass is 127. The molecule has 0 fully saturated rings. The Morgan fingerprint density at radius 3 is 2.70 bits per heavy atom. The van der Waals surface area contributed by atoms with Crippen LogP contribution in [0.4, 0.5) is 0 Å². The van der Waals surface area contributed by atoms with Crippen molar-refractivity contribution in [1.82, 2.24) is 10.6 Å². The van der Waals surface area contributed by atoms with E-state index in [1.54, 1.807) is 13.1 Å². The lowest BCUT2D eigenvalue weighted by molar-refractivity contribution is -0.119. The molecule has 0 bridgehead atoms. The zero-order chi connectivity index (χ0) is 16.4. The molecule has 1 aromatic carbocycles. The summed E-state index contributed by atoms with van der Waals surface area (Å²) in [5, 5.41) is 6.52. The average molecular weight is 434 g/mol. The first-order valence-corrected chi connectivity index (χ1v) is 7.45. The van der Waals surface area contributed by atoms with Gasteiger partial charge in [0.1, 0.15) is 5.75 Å². The predicted molar refractivity (Wildman–Crippen MR) is 104 cm³/mol. The van der Waals surface area contributed by atoms with Crippen molar-refractivity contribution in [2.24, 2.45) is 16.6 Å². The number of hydrogen-bond donors (Lipinski definition) is 3. The monoisotopic (exact) mass is 434 g/mol. The minimum atomic E-state index is -0.488. The summed E-state index contributed by atoms with van der Waals surface area (Å²) in [4.78, 5) is 14.9. The molecule has 1 amide bonds. The van der Waals surface area contributed by atoms with E-state index in [-0.39, 0.29) is 30.6 Å². The number of nitrogens with one attached hydrogen (secondary N) is 2. The Bertz CT molecular complexity index is 507. The lowest BCUT2D eigenvalue weighted by Crippen LogP contribution is -2.37. The van der Waals surface area contributed by atoms with Gasteiger partial charge in [0.15, 0.2) is 12.6 Å². The number of carbonyl (C=O) groups is 1. The van der Waals surface area contributed by atoms with Crippen LogP contribution in [0.1, 0.15) is 25.8 Å². The highest BCUT2D eigenvalue weighted by Gasteiger charge is 2.02. The fourth-order valence-electron chi connectivity index (χ4n) is 1.79. The van der Waals surface area contributed by atoms with E-state index in [0.29, 0.717) is 18.2 Å². The quantitative estimate of drug-likeness (QED) is 0.331. The van der Waals surface area contributed by atoms with Crippen LogP contribution in [0.3, 0.4) is 0 Å². The highest BCUT2D eigenvalue weighted by molar-refractivity contribution is 14.0. The van der Waals surface area contributed by atoms with Crippen LogP contribution in [-0.2, 0) is 11.3 Å². The van der Waals surface area contributed by atoms with Gasteiger partial charge in [0.25, 0.3) is 5.91 Å². The minimum absolute atomic E-state index is 0. The minimum Gasteiger partial charge on any atom is -0.484 e. The van der Waals surface area contributed by atoms with Crippen molar-refractivity contribution in [3.8, 4) is 5.75 Å². The van der Waals surface area contributed by atoms with Crippen LogP contribution in [0.2, 0.25) is 0 Å². The summed E-state index contributed by atoms with van der Waals surface area (Å²) in [5.74, 6) is 1.56. The molecule has 0 aromatic heterocycles. The van der Waals surface area contributed by atoms with Crippen LogP contribution in [-0.4, -0.2) is 32.1 Å². The summed E-state index contributed by atoms with van der Waals surface area (Å²) in [7, 11) is 1.75. The SMILES string of the molecule is CN=C(NCCC(C)C)NCc1cccc(OCC(N)=O)c1.I. The number of nitrogens with zero attached hydrogens (tertiary/aromatic N) is 1. The van der Waals surface area contributed by atoms with Gasteiger partial charge < -0.3 is 21.1 Å². The van der Waals surface area contributed by atoms with Gasteiger partial charge in [-0.3, -0.25) is 9.79 Å². The molecule has 0 aliphatic carbocycles. The van der Waals surface area contributed by atoms with Gasteiger partial charge in [-0.2, -0.15) is 0 Å². The van der Waals surface area contributed by atoms with E-state index in [1.165, 1.54) is 0 Å². The molecular weight excluding hydrogens is 407 g/mol. The van der Waals surface area contributed by atoms with Crippen LogP contribution < -0.4 is 21.1 Å². The molecule has 23 heavy (non-hydrogen) atoms. The number of benzene rings is 1. The van der Waals surface area contributed by atoms with Gasteiger partial charge in [0.2, 0.25) is 0 Å². The van der Waals surface area contributed by atoms with E-state index in [2.05, 4.69) is 29.5 Å². The maximum absolute atomic E-state index is 10.7. The third kappa shape index (κ3) is 9.98. The number of primary amides is 1. The fraction of sp³-hybridized carbons (Fsp3) is 0.500. The van der Waals surface area contributed by atoms with Crippen molar-refractivity contribution in [1.29, 1.82) is 0 Å². The molecule has 0 unspecified atom stereocenters. The maximum Gasteiger partial charge on any atom is 0.255 e. The van der Waals surface area contributed by atoms with Gasteiger partial charge in [-0.25, -0.2) is 0 Å². The molecular formula is C16H27IN4O2. The van der Waals surface area contributed by atoms with E-state index < -0.39 is 5.91 Å². The van der Waals surface area contributed by atoms with Crippen LogP contribution >= 0.6 is 24.0 Å². The first-order chi connectivity index (χ1) is 10.5. The van der Waals surface area contributed by atoms with E-state index in [4.69, 9.17) is 10.5 Å². The second-order valence-corrected chi connectivity index (χ2v) is 5.44. The number of rotatable bonds is 8. The average Bonchev–Trinajstić information content (AvgIpc) is 2.48. The Balaban J connectivity index is 0.00000484. The maximum atomic E-state index is 10.7. The zero-order valence-electron chi connectivity index (χ0n) is 14.0. The van der Waals surface area contributed by atoms with Crippen molar-refractivity contribution >= 4 is 35.8 Å².